The van der Waals surface area contributed by atoms with Crippen molar-refractivity contribution in [1.29, 1.82) is 0 Å². The van der Waals surface area contributed by atoms with Gasteiger partial charge in [-0.05, 0) is 49.9 Å². The zero-order valence-corrected chi connectivity index (χ0v) is 15.3. The zero-order chi connectivity index (χ0) is 16.9. The number of thioether (sulfide) groups is 1. The molecule has 8 heteroatoms. The van der Waals surface area contributed by atoms with Crippen molar-refractivity contribution >= 4 is 34.7 Å². The third-order valence-electron chi connectivity index (χ3n) is 3.99. The number of amides is 1. The van der Waals surface area contributed by atoms with E-state index >= 15 is 0 Å². The lowest BCUT2D eigenvalue weighted by Gasteiger charge is -2.22. The number of nitrogens with zero attached hydrogens (tertiary/aromatic N) is 3. The van der Waals surface area contributed by atoms with Gasteiger partial charge in [-0.3, -0.25) is 9.69 Å². The molecule has 0 bridgehead atoms. The predicted molar refractivity (Wildman–Crippen MR) is 96.7 cm³/mol. The summed E-state index contributed by atoms with van der Waals surface area (Å²) in [7, 11) is 1.62. The normalized spacial score (nSPS) is 17.8. The molecular formula is C16H20N4O2S2. The standard InChI is InChI=1S/C16H20N4O2S2/c1-22-12-7-5-11(6-8-12)17-15(21)13-4-3-9-20(13)10-14-18-19-16(23-2)24-14/h5-8,13H,3-4,9-10H2,1-2H3,(H,17,21). The maximum atomic E-state index is 12.6. The lowest BCUT2D eigenvalue weighted by atomic mass is 10.2. The maximum absolute atomic E-state index is 12.6. The predicted octanol–water partition coefficient (Wildman–Crippen LogP) is 2.87. The van der Waals surface area contributed by atoms with E-state index in [4.69, 9.17) is 4.74 Å². The summed E-state index contributed by atoms with van der Waals surface area (Å²) in [5.41, 5.74) is 0.785. The van der Waals surface area contributed by atoms with Gasteiger partial charge in [0.1, 0.15) is 10.8 Å². The molecule has 0 aliphatic carbocycles. The summed E-state index contributed by atoms with van der Waals surface area (Å²) < 4.78 is 6.10. The van der Waals surface area contributed by atoms with E-state index in [1.54, 1.807) is 30.2 Å². The number of hydrogen-bond acceptors (Lipinski definition) is 7. The number of carbonyl (C=O) groups excluding carboxylic acids is 1. The van der Waals surface area contributed by atoms with Crippen molar-refractivity contribution in [1.82, 2.24) is 15.1 Å². The second kappa shape index (κ2) is 7.96. The summed E-state index contributed by atoms with van der Waals surface area (Å²) in [5, 5.41) is 12.3. The zero-order valence-electron chi connectivity index (χ0n) is 13.7. The third-order valence-corrected chi connectivity index (χ3v) is 5.87. The highest BCUT2D eigenvalue weighted by Gasteiger charge is 2.31. The van der Waals surface area contributed by atoms with Crippen molar-refractivity contribution in [2.45, 2.75) is 29.8 Å². The molecule has 1 aromatic heterocycles. The highest BCUT2D eigenvalue weighted by Crippen LogP contribution is 2.25. The highest BCUT2D eigenvalue weighted by molar-refractivity contribution is 8.00. The molecule has 1 atom stereocenters. The van der Waals surface area contributed by atoms with Crippen molar-refractivity contribution < 1.29 is 9.53 Å². The fourth-order valence-corrected chi connectivity index (χ4v) is 4.11. The second-order valence-corrected chi connectivity index (χ2v) is 7.63. The number of anilines is 1. The first kappa shape index (κ1) is 17.2. The molecule has 3 rings (SSSR count). The Morgan fingerprint density at radius 3 is 2.88 bits per heavy atom. The van der Waals surface area contributed by atoms with E-state index in [-0.39, 0.29) is 11.9 Å². The van der Waals surface area contributed by atoms with Gasteiger partial charge in [-0.25, -0.2) is 0 Å². The molecule has 2 aromatic rings. The molecule has 2 heterocycles. The first-order valence-electron chi connectivity index (χ1n) is 7.75. The van der Waals surface area contributed by atoms with Gasteiger partial charge in [0.2, 0.25) is 5.91 Å². The largest absolute Gasteiger partial charge is 0.497 e. The van der Waals surface area contributed by atoms with Crippen molar-refractivity contribution in [2.24, 2.45) is 0 Å². The number of benzene rings is 1. The Morgan fingerprint density at radius 2 is 2.21 bits per heavy atom. The molecule has 128 valence electrons. The first-order chi connectivity index (χ1) is 11.7. The Morgan fingerprint density at radius 1 is 1.42 bits per heavy atom. The number of carbonyl (C=O) groups is 1. The highest BCUT2D eigenvalue weighted by atomic mass is 32.2. The van der Waals surface area contributed by atoms with E-state index in [1.165, 1.54) is 0 Å². The van der Waals surface area contributed by atoms with Gasteiger partial charge >= 0.3 is 0 Å². The van der Waals surface area contributed by atoms with Gasteiger partial charge in [0, 0.05) is 5.69 Å². The Hall–Kier alpha value is -1.64. The fourth-order valence-electron chi connectivity index (χ4n) is 2.77. The van der Waals surface area contributed by atoms with Gasteiger partial charge in [0.15, 0.2) is 4.34 Å². The third kappa shape index (κ3) is 4.06. The van der Waals surface area contributed by atoms with E-state index in [2.05, 4.69) is 20.4 Å². The summed E-state index contributed by atoms with van der Waals surface area (Å²) in [5.74, 6) is 0.809. The van der Waals surface area contributed by atoms with Crippen LogP contribution in [0.1, 0.15) is 17.8 Å². The van der Waals surface area contributed by atoms with Gasteiger partial charge in [0.25, 0.3) is 0 Å². The van der Waals surface area contributed by atoms with E-state index in [0.717, 1.165) is 40.2 Å². The molecular weight excluding hydrogens is 344 g/mol. The average molecular weight is 364 g/mol. The van der Waals surface area contributed by atoms with Crippen LogP contribution in [0.15, 0.2) is 28.6 Å². The smallest absolute Gasteiger partial charge is 0.241 e. The first-order valence-corrected chi connectivity index (χ1v) is 9.79. The second-order valence-electron chi connectivity index (χ2n) is 5.51. The molecule has 6 nitrogen and oxygen atoms in total. The molecule has 0 radical (unpaired) electrons. The summed E-state index contributed by atoms with van der Waals surface area (Å²) in [4.78, 5) is 14.8. The lowest BCUT2D eigenvalue weighted by molar-refractivity contribution is -0.120. The van der Waals surface area contributed by atoms with Crippen LogP contribution in [0.3, 0.4) is 0 Å². The van der Waals surface area contributed by atoms with Crippen LogP contribution in [-0.4, -0.2) is 47.0 Å². The molecule has 1 amide bonds. The van der Waals surface area contributed by atoms with Crippen molar-refractivity contribution in [2.75, 3.05) is 25.2 Å². The van der Waals surface area contributed by atoms with Gasteiger partial charge in [0.05, 0.1) is 19.7 Å². The number of hydrogen-bond donors (Lipinski definition) is 1. The van der Waals surface area contributed by atoms with Crippen LogP contribution < -0.4 is 10.1 Å². The van der Waals surface area contributed by atoms with E-state index < -0.39 is 0 Å². The summed E-state index contributed by atoms with van der Waals surface area (Å²) in [6.07, 6.45) is 3.89. The van der Waals surface area contributed by atoms with Crippen LogP contribution in [0.4, 0.5) is 5.69 Å². The number of aromatic nitrogens is 2. The van der Waals surface area contributed by atoms with Crippen molar-refractivity contribution in [3.63, 3.8) is 0 Å². The summed E-state index contributed by atoms with van der Waals surface area (Å²) in [6.45, 7) is 1.59. The number of nitrogens with one attached hydrogen (secondary N) is 1. The minimum Gasteiger partial charge on any atom is -0.497 e. The topological polar surface area (TPSA) is 67.3 Å². The van der Waals surface area contributed by atoms with Crippen LogP contribution in [0.2, 0.25) is 0 Å². The van der Waals surface area contributed by atoms with Crippen molar-refractivity contribution in [3.05, 3.63) is 29.3 Å². The van der Waals surface area contributed by atoms with E-state index in [1.807, 2.05) is 30.5 Å². The monoisotopic (exact) mass is 364 g/mol. The van der Waals surface area contributed by atoms with Crippen LogP contribution >= 0.6 is 23.1 Å². The van der Waals surface area contributed by atoms with Gasteiger partial charge in [-0.2, -0.15) is 0 Å². The molecule has 0 spiro atoms. The number of methoxy groups -OCH3 is 1. The molecule has 1 aromatic carbocycles. The Labute approximate surface area is 149 Å². The Kier molecular flexibility index (Phi) is 5.70. The molecule has 24 heavy (non-hydrogen) atoms. The molecule has 1 aliphatic rings. The number of rotatable bonds is 6. The van der Waals surface area contributed by atoms with E-state index in [9.17, 15) is 4.79 Å². The molecule has 1 N–H and O–H groups in total. The summed E-state index contributed by atoms with van der Waals surface area (Å²) in [6, 6.07) is 7.27. The lowest BCUT2D eigenvalue weighted by Crippen LogP contribution is -2.39. The van der Waals surface area contributed by atoms with Crippen LogP contribution in [0.25, 0.3) is 0 Å². The van der Waals surface area contributed by atoms with Gasteiger partial charge in [-0.15, -0.1) is 10.2 Å². The number of likely N-dealkylation sites (tertiary alicyclic amines) is 1. The minimum absolute atomic E-state index is 0.0345. The summed E-state index contributed by atoms with van der Waals surface area (Å²) >= 11 is 3.19. The average Bonchev–Trinajstić information content (AvgIpc) is 3.25. The fraction of sp³-hybridized carbons (Fsp3) is 0.438. The molecule has 1 fully saturated rings. The van der Waals surface area contributed by atoms with Gasteiger partial charge in [-0.1, -0.05) is 23.1 Å². The molecule has 1 saturated heterocycles. The quantitative estimate of drug-likeness (QED) is 0.795. The van der Waals surface area contributed by atoms with Gasteiger partial charge < -0.3 is 10.1 Å². The van der Waals surface area contributed by atoms with Crippen LogP contribution in [0, 0.1) is 0 Å². The maximum Gasteiger partial charge on any atom is 0.241 e. The Balaban J connectivity index is 1.62. The minimum atomic E-state index is -0.117. The molecule has 1 aliphatic heterocycles. The molecule has 0 saturated carbocycles. The SMILES string of the molecule is COc1ccc(NC(=O)C2CCCN2Cc2nnc(SC)s2)cc1. The van der Waals surface area contributed by atoms with Crippen LogP contribution in [0.5, 0.6) is 5.75 Å². The number of ether oxygens (including phenoxy) is 1. The van der Waals surface area contributed by atoms with Crippen LogP contribution in [-0.2, 0) is 11.3 Å². The van der Waals surface area contributed by atoms with Crippen molar-refractivity contribution in [3.8, 4) is 5.75 Å². The molecule has 1 unspecified atom stereocenters. The van der Waals surface area contributed by atoms with E-state index in [0.29, 0.717) is 6.54 Å². The Bertz CT molecular complexity index is 690.